The number of rotatable bonds is 3. The van der Waals surface area contributed by atoms with Crippen LogP contribution in [-0.4, -0.2) is 19.6 Å². The molecule has 0 saturated heterocycles. The van der Waals surface area contributed by atoms with E-state index in [9.17, 15) is 5.26 Å². The number of aromatic nitrogens is 4. The molecule has 0 radical (unpaired) electrons. The van der Waals surface area contributed by atoms with Gasteiger partial charge in [0.1, 0.15) is 17.3 Å². The number of hydrogen-bond acceptors (Lipinski definition) is 5. The molecule has 1 aliphatic heterocycles. The Hall–Kier alpha value is -4.31. The van der Waals surface area contributed by atoms with Crippen LogP contribution < -0.4 is 10.5 Å². The quantitative estimate of drug-likeness (QED) is 0.536. The topological polar surface area (TPSA) is 94.7 Å². The summed E-state index contributed by atoms with van der Waals surface area (Å²) in [7, 11) is 1.90. The predicted octanol–water partition coefficient (Wildman–Crippen LogP) is 4.11. The maximum Gasteiger partial charge on any atom is 0.229 e. The first-order chi connectivity index (χ1) is 15.5. The van der Waals surface area contributed by atoms with Crippen LogP contribution in [0.3, 0.4) is 0 Å². The zero-order chi connectivity index (χ0) is 22.4. The summed E-state index contributed by atoms with van der Waals surface area (Å²) in [6.45, 7) is 3.95. The van der Waals surface area contributed by atoms with Gasteiger partial charge >= 0.3 is 0 Å². The molecular weight excluding hydrogens is 400 g/mol. The Kier molecular flexibility index (Phi) is 4.56. The van der Waals surface area contributed by atoms with Gasteiger partial charge in [0.2, 0.25) is 11.8 Å². The zero-order valence-electron chi connectivity index (χ0n) is 18.1. The van der Waals surface area contributed by atoms with Gasteiger partial charge in [0.25, 0.3) is 0 Å². The first-order valence-electron chi connectivity index (χ1n) is 10.3. The van der Waals surface area contributed by atoms with Crippen LogP contribution in [0.5, 0.6) is 5.88 Å². The van der Waals surface area contributed by atoms with Crippen molar-refractivity contribution in [2.45, 2.75) is 19.8 Å². The van der Waals surface area contributed by atoms with E-state index in [0.717, 1.165) is 39.5 Å². The third-order valence-corrected chi connectivity index (χ3v) is 5.95. The lowest BCUT2D eigenvalue weighted by Crippen LogP contribution is -2.22. The number of nitrogens with zero attached hydrogens (tertiary/aromatic N) is 5. The number of allylic oxidation sites excluding steroid dienone is 1. The van der Waals surface area contributed by atoms with Crippen LogP contribution in [0.15, 0.2) is 72.1 Å². The van der Waals surface area contributed by atoms with Crippen LogP contribution in [0.1, 0.15) is 28.4 Å². The van der Waals surface area contributed by atoms with E-state index in [-0.39, 0.29) is 5.88 Å². The van der Waals surface area contributed by atoms with Crippen molar-refractivity contribution in [2.75, 3.05) is 0 Å². The molecule has 7 heteroatoms. The minimum absolute atomic E-state index is 0.0874. The van der Waals surface area contributed by atoms with Crippen LogP contribution in [0.2, 0.25) is 0 Å². The molecule has 2 N–H and O–H groups in total. The molecule has 7 nitrogen and oxygen atoms in total. The molecular formula is C25H22N6O. The molecule has 0 unspecified atom stereocenters. The number of ether oxygens (including phenoxy) is 1. The highest BCUT2D eigenvalue weighted by Gasteiger charge is 2.39. The average Bonchev–Trinajstić information content (AvgIpc) is 3.30. The van der Waals surface area contributed by atoms with Gasteiger partial charge in [-0.05, 0) is 26.0 Å². The number of para-hydroxylation sites is 1. The van der Waals surface area contributed by atoms with Crippen LogP contribution in [0, 0.1) is 25.2 Å². The highest BCUT2D eigenvalue weighted by molar-refractivity contribution is 5.72. The summed E-state index contributed by atoms with van der Waals surface area (Å²) in [5.41, 5.74) is 12.8. The lowest BCUT2D eigenvalue weighted by atomic mass is 9.82. The molecule has 158 valence electrons. The lowest BCUT2D eigenvalue weighted by molar-refractivity contribution is 0.367. The Morgan fingerprint density at radius 1 is 0.969 bits per heavy atom. The summed E-state index contributed by atoms with van der Waals surface area (Å²) in [4.78, 5) is 0. The minimum Gasteiger partial charge on any atom is -0.422 e. The van der Waals surface area contributed by atoms with Crippen molar-refractivity contribution in [3.8, 4) is 28.9 Å². The fourth-order valence-electron chi connectivity index (χ4n) is 4.39. The highest BCUT2D eigenvalue weighted by atomic mass is 16.5. The second-order valence-corrected chi connectivity index (χ2v) is 7.81. The van der Waals surface area contributed by atoms with Crippen LogP contribution in [0.25, 0.3) is 16.9 Å². The molecule has 3 heterocycles. The van der Waals surface area contributed by atoms with Crippen molar-refractivity contribution < 1.29 is 4.74 Å². The second kappa shape index (κ2) is 7.43. The molecule has 2 aromatic carbocycles. The molecule has 2 aromatic heterocycles. The molecule has 4 aromatic rings. The Bertz CT molecular complexity index is 1390. The lowest BCUT2D eigenvalue weighted by Gasteiger charge is -2.25. The van der Waals surface area contributed by atoms with E-state index in [2.05, 4.69) is 11.2 Å². The largest absolute Gasteiger partial charge is 0.422 e. The van der Waals surface area contributed by atoms with Gasteiger partial charge in [0.05, 0.1) is 22.9 Å². The Balaban J connectivity index is 1.88. The van der Waals surface area contributed by atoms with E-state index in [1.54, 1.807) is 4.68 Å². The maximum atomic E-state index is 10.1. The van der Waals surface area contributed by atoms with Gasteiger partial charge in [-0.2, -0.15) is 20.1 Å². The summed E-state index contributed by atoms with van der Waals surface area (Å²) < 4.78 is 9.65. The van der Waals surface area contributed by atoms with Gasteiger partial charge < -0.3 is 10.5 Å². The first kappa shape index (κ1) is 19.6. The fraction of sp³-hybridized carbons (Fsp3) is 0.160. The molecule has 0 bridgehead atoms. The monoisotopic (exact) mass is 422 g/mol. The number of fused-ring (bicyclic) bond motifs is 1. The number of nitriles is 1. The molecule has 0 spiro atoms. The van der Waals surface area contributed by atoms with E-state index in [4.69, 9.17) is 15.6 Å². The van der Waals surface area contributed by atoms with Crippen molar-refractivity contribution in [1.29, 1.82) is 5.26 Å². The second-order valence-electron chi connectivity index (χ2n) is 7.81. The predicted molar refractivity (Wildman–Crippen MR) is 121 cm³/mol. The van der Waals surface area contributed by atoms with E-state index < -0.39 is 5.92 Å². The van der Waals surface area contributed by atoms with Crippen molar-refractivity contribution in [2.24, 2.45) is 12.8 Å². The Morgan fingerprint density at radius 2 is 1.62 bits per heavy atom. The van der Waals surface area contributed by atoms with Gasteiger partial charge in [0.15, 0.2) is 0 Å². The van der Waals surface area contributed by atoms with Crippen molar-refractivity contribution in [3.63, 3.8) is 0 Å². The number of nitrogens with two attached hydrogens (primary N) is 1. The van der Waals surface area contributed by atoms with Crippen LogP contribution in [-0.2, 0) is 7.05 Å². The van der Waals surface area contributed by atoms with E-state index in [1.165, 1.54) is 0 Å². The molecule has 5 rings (SSSR count). The van der Waals surface area contributed by atoms with Crippen molar-refractivity contribution in [1.82, 2.24) is 19.6 Å². The van der Waals surface area contributed by atoms with Gasteiger partial charge in [-0.25, -0.2) is 0 Å². The summed E-state index contributed by atoms with van der Waals surface area (Å²) in [5, 5.41) is 19.6. The van der Waals surface area contributed by atoms with Crippen molar-refractivity contribution >= 4 is 0 Å². The standard InChI is InChI=1S/C25H22N6O/c1-15-20(16(2)30(3)28-15)21-19(14-26)24(27)32-25-22(21)23(17-10-6-4-7-11-17)29-31(25)18-12-8-5-9-13-18/h4-13,21H,27H2,1-3H3/t21-/m1/s1. The normalized spacial score (nSPS) is 15.2. The third kappa shape index (κ3) is 2.88. The van der Waals surface area contributed by atoms with Gasteiger partial charge in [0, 0.05) is 23.9 Å². The first-order valence-corrected chi connectivity index (χ1v) is 10.3. The number of hydrogen-bond donors (Lipinski definition) is 1. The molecule has 1 atom stereocenters. The minimum atomic E-state index is -0.440. The van der Waals surface area contributed by atoms with Gasteiger partial charge in [-0.15, -0.1) is 0 Å². The number of aryl methyl sites for hydroxylation is 2. The van der Waals surface area contributed by atoms with Gasteiger partial charge in [-0.1, -0.05) is 48.5 Å². The molecule has 0 aliphatic carbocycles. The summed E-state index contributed by atoms with van der Waals surface area (Å²) >= 11 is 0. The molecule has 0 fully saturated rings. The molecule has 0 amide bonds. The number of benzene rings is 2. The smallest absolute Gasteiger partial charge is 0.229 e. The van der Waals surface area contributed by atoms with Crippen LogP contribution in [0.4, 0.5) is 0 Å². The van der Waals surface area contributed by atoms with E-state index in [1.807, 2.05) is 86.2 Å². The average molecular weight is 422 g/mol. The zero-order valence-corrected chi connectivity index (χ0v) is 18.1. The molecule has 0 saturated carbocycles. The molecule has 1 aliphatic rings. The maximum absolute atomic E-state index is 10.1. The fourth-order valence-corrected chi connectivity index (χ4v) is 4.39. The van der Waals surface area contributed by atoms with E-state index in [0.29, 0.717) is 11.5 Å². The highest BCUT2D eigenvalue weighted by Crippen LogP contribution is 2.48. The summed E-state index contributed by atoms with van der Waals surface area (Å²) in [5.74, 6) is 0.161. The van der Waals surface area contributed by atoms with Gasteiger partial charge in [-0.3, -0.25) is 4.68 Å². The van der Waals surface area contributed by atoms with E-state index >= 15 is 0 Å². The Labute approximate surface area is 186 Å². The summed E-state index contributed by atoms with van der Waals surface area (Å²) in [6.07, 6.45) is 0. The SMILES string of the molecule is Cc1nn(C)c(C)c1[C@H]1C(C#N)=C(N)Oc2c1c(-c1ccccc1)nn2-c1ccccc1. The van der Waals surface area contributed by atoms with Crippen LogP contribution >= 0.6 is 0 Å². The third-order valence-electron chi connectivity index (χ3n) is 5.95. The van der Waals surface area contributed by atoms with Crippen molar-refractivity contribution in [3.05, 3.63) is 94.6 Å². The summed E-state index contributed by atoms with van der Waals surface area (Å²) in [6, 6.07) is 22.0. The molecule has 32 heavy (non-hydrogen) atoms. The Morgan fingerprint density at radius 3 is 2.22 bits per heavy atom.